The Morgan fingerprint density at radius 2 is 2.31 bits per heavy atom. The highest BCUT2D eigenvalue weighted by Gasteiger charge is 2.14. The number of hydrogen-bond donors (Lipinski definition) is 2. The van der Waals surface area contributed by atoms with Gasteiger partial charge in [-0.05, 0) is 23.9 Å². The topological polar surface area (TPSA) is 74.8 Å². The first-order chi connectivity index (χ1) is 7.68. The van der Waals surface area contributed by atoms with Crippen molar-refractivity contribution < 1.29 is 8.42 Å². The number of nitrogens with one attached hydrogen (secondary N) is 2. The Morgan fingerprint density at radius 3 is 2.94 bits per heavy atom. The zero-order valence-electron chi connectivity index (χ0n) is 8.38. The molecule has 2 aromatic heterocycles. The number of aromatic nitrogens is 2. The molecule has 0 amide bonds. The number of hydrogen-bond acceptors (Lipinski definition) is 4. The van der Waals surface area contributed by atoms with Gasteiger partial charge in [0.2, 0.25) is 0 Å². The van der Waals surface area contributed by atoms with E-state index >= 15 is 0 Å². The molecule has 0 spiro atoms. The van der Waals surface area contributed by atoms with E-state index in [0.29, 0.717) is 13.0 Å². The third kappa shape index (κ3) is 2.69. The standard InChI is InChI=1S/C9H11N3O2S2/c13-16(14,9-4-5-10-12-9)11-6-3-8-2-1-7-15-8/h1-2,4-5,7,11H,3,6H2,(H,10,12). The van der Waals surface area contributed by atoms with Crippen LogP contribution in [0.3, 0.4) is 0 Å². The Labute approximate surface area is 97.6 Å². The Bertz CT molecular complexity index is 517. The normalized spacial score (nSPS) is 11.8. The van der Waals surface area contributed by atoms with E-state index in [1.54, 1.807) is 11.3 Å². The number of sulfonamides is 1. The Kier molecular flexibility index (Phi) is 3.37. The highest BCUT2D eigenvalue weighted by molar-refractivity contribution is 7.89. The summed E-state index contributed by atoms with van der Waals surface area (Å²) in [5.41, 5.74) is 0. The van der Waals surface area contributed by atoms with Gasteiger partial charge in [-0.3, -0.25) is 5.10 Å². The van der Waals surface area contributed by atoms with Crippen LogP contribution in [0.1, 0.15) is 4.88 Å². The van der Waals surface area contributed by atoms with Crippen LogP contribution in [0.25, 0.3) is 0 Å². The molecule has 2 N–H and O–H groups in total. The SMILES string of the molecule is O=S(=O)(NCCc1cccs1)c1ccn[nH]1. The second-order valence-corrected chi connectivity index (χ2v) is 5.92. The average molecular weight is 257 g/mol. The molecule has 0 aromatic carbocycles. The van der Waals surface area contributed by atoms with Crippen molar-refractivity contribution in [1.82, 2.24) is 14.9 Å². The van der Waals surface area contributed by atoms with Crippen LogP contribution >= 0.6 is 11.3 Å². The molecule has 0 saturated heterocycles. The minimum atomic E-state index is -3.43. The molecule has 2 rings (SSSR count). The van der Waals surface area contributed by atoms with Crippen LogP contribution in [-0.2, 0) is 16.4 Å². The molecule has 0 bridgehead atoms. The van der Waals surface area contributed by atoms with Crippen LogP contribution in [0.4, 0.5) is 0 Å². The molecule has 86 valence electrons. The van der Waals surface area contributed by atoms with E-state index in [2.05, 4.69) is 14.9 Å². The molecule has 0 aliphatic heterocycles. The van der Waals surface area contributed by atoms with Crippen LogP contribution in [0.2, 0.25) is 0 Å². The van der Waals surface area contributed by atoms with Crippen molar-refractivity contribution >= 4 is 21.4 Å². The second kappa shape index (κ2) is 4.77. The minimum absolute atomic E-state index is 0.0960. The predicted octanol–water partition coefficient (Wildman–Crippen LogP) is 0.992. The van der Waals surface area contributed by atoms with E-state index in [0.717, 1.165) is 4.88 Å². The van der Waals surface area contributed by atoms with E-state index in [-0.39, 0.29) is 5.03 Å². The zero-order valence-corrected chi connectivity index (χ0v) is 10.0. The largest absolute Gasteiger partial charge is 0.266 e. The predicted molar refractivity (Wildman–Crippen MR) is 61.8 cm³/mol. The smallest absolute Gasteiger partial charge is 0.257 e. The molecular formula is C9H11N3O2S2. The summed E-state index contributed by atoms with van der Waals surface area (Å²) in [4.78, 5) is 1.16. The molecule has 0 radical (unpaired) electrons. The number of nitrogens with zero attached hydrogens (tertiary/aromatic N) is 1. The lowest BCUT2D eigenvalue weighted by atomic mass is 10.3. The maximum absolute atomic E-state index is 11.6. The summed E-state index contributed by atoms with van der Waals surface area (Å²) >= 11 is 1.62. The van der Waals surface area contributed by atoms with Crippen molar-refractivity contribution in [2.45, 2.75) is 11.4 Å². The Balaban J connectivity index is 1.91. The highest BCUT2D eigenvalue weighted by Crippen LogP contribution is 2.09. The zero-order chi connectivity index (χ0) is 11.4. The number of rotatable bonds is 5. The highest BCUT2D eigenvalue weighted by atomic mass is 32.2. The van der Waals surface area contributed by atoms with E-state index in [4.69, 9.17) is 0 Å². The van der Waals surface area contributed by atoms with Gasteiger partial charge in [0.25, 0.3) is 10.0 Å². The van der Waals surface area contributed by atoms with Crippen molar-refractivity contribution in [3.05, 3.63) is 34.7 Å². The summed E-state index contributed by atoms with van der Waals surface area (Å²) in [5, 5.41) is 8.09. The fourth-order valence-electron chi connectivity index (χ4n) is 1.23. The molecule has 0 fully saturated rings. The van der Waals surface area contributed by atoms with Gasteiger partial charge < -0.3 is 0 Å². The third-order valence-corrected chi connectivity index (χ3v) is 4.34. The average Bonchev–Trinajstić information content (AvgIpc) is 2.90. The van der Waals surface area contributed by atoms with E-state index < -0.39 is 10.0 Å². The molecule has 0 aliphatic rings. The fourth-order valence-corrected chi connectivity index (χ4v) is 2.88. The van der Waals surface area contributed by atoms with Crippen molar-refractivity contribution in [2.75, 3.05) is 6.54 Å². The first-order valence-electron chi connectivity index (χ1n) is 4.70. The first kappa shape index (κ1) is 11.3. The Hall–Kier alpha value is -1.18. The van der Waals surface area contributed by atoms with Crippen LogP contribution < -0.4 is 4.72 Å². The van der Waals surface area contributed by atoms with Gasteiger partial charge in [0, 0.05) is 11.4 Å². The quantitative estimate of drug-likeness (QED) is 0.839. The lowest BCUT2D eigenvalue weighted by molar-refractivity contribution is 0.577. The first-order valence-corrected chi connectivity index (χ1v) is 7.06. The van der Waals surface area contributed by atoms with Crippen molar-refractivity contribution in [1.29, 1.82) is 0 Å². The van der Waals surface area contributed by atoms with E-state index in [9.17, 15) is 8.42 Å². The molecule has 2 aromatic rings. The maximum Gasteiger partial charge on any atom is 0.257 e. The van der Waals surface area contributed by atoms with Gasteiger partial charge in [0.15, 0.2) is 5.03 Å². The molecule has 0 unspecified atom stereocenters. The van der Waals surface area contributed by atoms with Crippen LogP contribution in [0.5, 0.6) is 0 Å². The minimum Gasteiger partial charge on any atom is -0.266 e. The Morgan fingerprint density at radius 1 is 1.44 bits per heavy atom. The third-order valence-electron chi connectivity index (χ3n) is 2.01. The number of aromatic amines is 1. The van der Waals surface area contributed by atoms with E-state index in [1.807, 2.05) is 17.5 Å². The summed E-state index contributed by atoms with van der Waals surface area (Å²) in [6, 6.07) is 5.35. The van der Waals surface area contributed by atoms with Crippen molar-refractivity contribution in [3.63, 3.8) is 0 Å². The lowest BCUT2D eigenvalue weighted by Gasteiger charge is -2.02. The van der Waals surface area contributed by atoms with Gasteiger partial charge in [0.05, 0.1) is 6.20 Å². The monoisotopic (exact) mass is 257 g/mol. The lowest BCUT2D eigenvalue weighted by Crippen LogP contribution is -2.26. The summed E-state index contributed by atoms with van der Waals surface area (Å²) in [7, 11) is -3.43. The van der Waals surface area contributed by atoms with Gasteiger partial charge >= 0.3 is 0 Å². The molecule has 0 atom stereocenters. The van der Waals surface area contributed by atoms with Crippen molar-refractivity contribution in [2.24, 2.45) is 0 Å². The van der Waals surface area contributed by atoms with E-state index in [1.165, 1.54) is 12.3 Å². The molecule has 5 nitrogen and oxygen atoms in total. The second-order valence-electron chi connectivity index (χ2n) is 3.15. The summed E-state index contributed by atoms with van der Waals surface area (Å²) in [6.07, 6.45) is 2.11. The number of H-pyrrole nitrogens is 1. The molecular weight excluding hydrogens is 246 g/mol. The molecule has 0 saturated carbocycles. The molecule has 0 aliphatic carbocycles. The van der Waals surface area contributed by atoms with Crippen molar-refractivity contribution in [3.8, 4) is 0 Å². The molecule has 16 heavy (non-hydrogen) atoms. The van der Waals surface area contributed by atoms with Gasteiger partial charge in [0.1, 0.15) is 0 Å². The summed E-state index contributed by atoms with van der Waals surface area (Å²) < 4.78 is 25.8. The van der Waals surface area contributed by atoms with Gasteiger partial charge in [-0.25, -0.2) is 13.1 Å². The van der Waals surface area contributed by atoms with Crippen LogP contribution in [-0.4, -0.2) is 25.2 Å². The molecule has 2 heterocycles. The summed E-state index contributed by atoms with van der Waals surface area (Å²) in [5.74, 6) is 0. The molecule has 7 heteroatoms. The van der Waals surface area contributed by atoms with Gasteiger partial charge in [-0.15, -0.1) is 11.3 Å². The number of thiophene rings is 1. The van der Waals surface area contributed by atoms with Gasteiger partial charge in [-0.2, -0.15) is 5.10 Å². The van der Waals surface area contributed by atoms with Gasteiger partial charge in [-0.1, -0.05) is 6.07 Å². The summed E-state index contributed by atoms with van der Waals surface area (Å²) in [6.45, 7) is 0.391. The van der Waals surface area contributed by atoms with Crippen LogP contribution in [0, 0.1) is 0 Å². The maximum atomic E-state index is 11.6. The van der Waals surface area contributed by atoms with Crippen LogP contribution in [0.15, 0.2) is 34.8 Å². The fraction of sp³-hybridized carbons (Fsp3) is 0.222.